The first-order valence-electron chi connectivity index (χ1n) is 25.8. The summed E-state index contributed by atoms with van der Waals surface area (Å²) in [5, 5.41) is 18.6. The summed E-state index contributed by atoms with van der Waals surface area (Å²) >= 11 is 1.85. The molecule has 0 aliphatic carbocycles. The average Bonchev–Trinajstić information content (AvgIpc) is 4.26. The van der Waals surface area contributed by atoms with Gasteiger partial charge in [0.15, 0.2) is 5.58 Å². The normalized spacial score (nSPS) is 12.2. The lowest BCUT2D eigenvalue weighted by Crippen LogP contribution is -2.10. The van der Waals surface area contributed by atoms with Crippen LogP contribution in [0, 0.1) is 0 Å². The van der Waals surface area contributed by atoms with Crippen LogP contribution in [-0.4, -0.2) is 14.5 Å². The quantitative estimate of drug-likeness (QED) is 0.161. The molecule has 0 aliphatic rings. The molecule has 0 radical (unpaired) electrons. The second-order valence-corrected chi connectivity index (χ2v) is 21.1. The number of pyridine rings is 2. The van der Waals surface area contributed by atoms with Gasteiger partial charge in [0.1, 0.15) is 11.4 Å². The lowest BCUT2D eigenvalue weighted by Gasteiger charge is -2.27. The molecule has 0 spiro atoms. The predicted molar refractivity (Wildman–Crippen MR) is 322 cm³/mol. The molecule has 0 saturated carbocycles. The number of benzene rings is 12. The van der Waals surface area contributed by atoms with Crippen molar-refractivity contribution in [2.45, 2.75) is 0 Å². The van der Waals surface area contributed by atoms with Crippen LogP contribution in [0.15, 0.2) is 247 Å². The highest BCUT2D eigenvalue weighted by Gasteiger charge is 2.24. The molecule has 76 heavy (non-hydrogen) atoms. The molecular formula is C70H40N4OS. The highest BCUT2D eigenvalue weighted by molar-refractivity contribution is 7.25. The number of rotatable bonds is 5. The van der Waals surface area contributed by atoms with Crippen LogP contribution in [0.1, 0.15) is 0 Å². The van der Waals surface area contributed by atoms with Crippen LogP contribution in [0.5, 0.6) is 0 Å². The summed E-state index contributed by atoms with van der Waals surface area (Å²) in [5.74, 6) is 0.806. The van der Waals surface area contributed by atoms with Gasteiger partial charge in [0.2, 0.25) is 0 Å². The number of hydrogen-bond acceptors (Lipinski definition) is 5. The van der Waals surface area contributed by atoms with Gasteiger partial charge in [0.05, 0.1) is 27.8 Å². The van der Waals surface area contributed by atoms with Gasteiger partial charge < -0.3 is 9.32 Å². The van der Waals surface area contributed by atoms with Crippen LogP contribution in [0.25, 0.3) is 146 Å². The maximum absolute atomic E-state index is 7.41. The van der Waals surface area contributed by atoms with Crippen molar-refractivity contribution in [2.75, 3.05) is 4.90 Å². The Bertz CT molecular complexity index is 5290. The van der Waals surface area contributed by atoms with Gasteiger partial charge in [-0.1, -0.05) is 152 Å². The van der Waals surface area contributed by atoms with Crippen molar-refractivity contribution < 1.29 is 4.42 Å². The minimum Gasteiger partial charge on any atom is -0.453 e. The number of nitrogens with zero attached hydrogens (tertiary/aromatic N) is 4. The van der Waals surface area contributed by atoms with Crippen LogP contribution in [0.4, 0.5) is 17.1 Å². The van der Waals surface area contributed by atoms with Crippen molar-refractivity contribution in [3.05, 3.63) is 243 Å². The third-order valence-electron chi connectivity index (χ3n) is 16.0. The zero-order valence-electron chi connectivity index (χ0n) is 40.7. The molecule has 0 bridgehead atoms. The van der Waals surface area contributed by atoms with E-state index in [-0.39, 0.29) is 0 Å². The summed E-state index contributed by atoms with van der Waals surface area (Å²) in [5.41, 5.74) is 11.1. The number of anilines is 3. The summed E-state index contributed by atoms with van der Waals surface area (Å²) in [4.78, 5) is 12.7. The third-order valence-corrected chi connectivity index (χ3v) is 17.1. The van der Waals surface area contributed by atoms with E-state index in [0.717, 1.165) is 105 Å². The number of furan rings is 1. The third kappa shape index (κ3) is 5.96. The van der Waals surface area contributed by atoms with Gasteiger partial charge in [-0.15, -0.1) is 11.3 Å². The number of hydrogen-bond donors (Lipinski definition) is 0. The lowest BCUT2D eigenvalue weighted by molar-refractivity contribution is 0.675. The first-order chi connectivity index (χ1) is 37.7. The van der Waals surface area contributed by atoms with E-state index in [9.17, 15) is 0 Å². The fraction of sp³-hybridized carbons (Fsp3) is 0. The molecule has 352 valence electrons. The van der Waals surface area contributed by atoms with Crippen molar-refractivity contribution in [1.82, 2.24) is 14.5 Å². The Labute approximate surface area is 438 Å². The van der Waals surface area contributed by atoms with Crippen LogP contribution < -0.4 is 4.90 Å². The maximum Gasteiger partial charge on any atom is 0.160 e. The zero-order valence-corrected chi connectivity index (χ0v) is 41.5. The highest BCUT2D eigenvalue weighted by atomic mass is 32.1. The minimum atomic E-state index is 0.806. The number of fused-ring (bicyclic) bond motifs is 21. The highest BCUT2D eigenvalue weighted by Crippen LogP contribution is 2.47. The molecular weight excluding hydrogens is 945 g/mol. The molecule has 5 aromatic heterocycles. The van der Waals surface area contributed by atoms with Gasteiger partial charge in [-0.05, 0) is 128 Å². The molecule has 0 unspecified atom stereocenters. The number of thiophene rings is 1. The van der Waals surface area contributed by atoms with Crippen molar-refractivity contribution in [2.24, 2.45) is 0 Å². The summed E-state index contributed by atoms with van der Waals surface area (Å²) < 4.78 is 12.3. The van der Waals surface area contributed by atoms with Crippen molar-refractivity contribution in [1.29, 1.82) is 0 Å². The molecule has 5 nitrogen and oxygen atoms in total. The van der Waals surface area contributed by atoms with E-state index in [2.05, 4.69) is 240 Å². The Morgan fingerprint density at radius 3 is 1.87 bits per heavy atom. The molecule has 0 aliphatic heterocycles. The summed E-state index contributed by atoms with van der Waals surface area (Å²) in [6.07, 6.45) is 1.85. The summed E-state index contributed by atoms with van der Waals surface area (Å²) in [6.45, 7) is 0. The lowest BCUT2D eigenvalue weighted by atomic mass is 9.93. The predicted octanol–water partition coefficient (Wildman–Crippen LogP) is 19.9. The van der Waals surface area contributed by atoms with Crippen LogP contribution in [0.3, 0.4) is 0 Å². The van der Waals surface area contributed by atoms with E-state index in [1.54, 1.807) is 0 Å². The van der Waals surface area contributed by atoms with Crippen LogP contribution in [-0.2, 0) is 0 Å². The minimum absolute atomic E-state index is 0.806. The van der Waals surface area contributed by atoms with Gasteiger partial charge in [-0.3, -0.25) is 9.55 Å². The Morgan fingerprint density at radius 1 is 0.382 bits per heavy atom. The van der Waals surface area contributed by atoms with Crippen molar-refractivity contribution in [3.63, 3.8) is 0 Å². The molecule has 12 aromatic carbocycles. The van der Waals surface area contributed by atoms with E-state index in [1.165, 1.54) is 57.9 Å². The van der Waals surface area contributed by atoms with E-state index < -0.39 is 0 Å². The Hall–Kier alpha value is -9.88. The zero-order chi connectivity index (χ0) is 49.6. The maximum atomic E-state index is 7.41. The molecule has 0 amide bonds. The van der Waals surface area contributed by atoms with Crippen molar-refractivity contribution >= 4 is 157 Å². The Kier molecular flexibility index (Phi) is 8.65. The fourth-order valence-electron chi connectivity index (χ4n) is 12.5. The molecule has 5 heterocycles. The largest absolute Gasteiger partial charge is 0.453 e. The summed E-state index contributed by atoms with van der Waals surface area (Å²) in [7, 11) is 0. The van der Waals surface area contributed by atoms with E-state index in [4.69, 9.17) is 14.4 Å². The number of para-hydroxylation sites is 1. The van der Waals surface area contributed by atoms with Crippen molar-refractivity contribution in [3.8, 4) is 16.9 Å². The van der Waals surface area contributed by atoms with E-state index in [1.807, 2.05) is 23.6 Å². The van der Waals surface area contributed by atoms with Gasteiger partial charge in [-0.2, -0.15) is 0 Å². The second-order valence-electron chi connectivity index (χ2n) is 20.0. The molecule has 17 aromatic rings. The molecule has 17 rings (SSSR count). The van der Waals surface area contributed by atoms with E-state index >= 15 is 0 Å². The topological polar surface area (TPSA) is 47.1 Å². The second kappa shape index (κ2) is 15.8. The molecule has 0 fully saturated rings. The SMILES string of the molecule is c1ccc(N(c2ccc3c(c2)sc2ccccc23)c2cccc3cc(-c4ccc5c(c4)c4ccc6c7ccc8c9ccccc9c9ccccc9c8c7oc6c4n5-c4ccc5ccc6cccnc6c5n4)ccc23)cc1. The van der Waals surface area contributed by atoms with Crippen LogP contribution in [0.2, 0.25) is 0 Å². The molecule has 0 atom stereocenters. The first kappa shape index (κ1) is 41.6. The monoisotopic (exact) mass is 984 g/mol. The Morgan fingerprint density at radius 2 is 1.01 bits per heavy atom. The Balaban J connectivity index is 0.881. The van der Waals surface area contributed by atoms with Gasteiger partial charge in [0, 0.05) is 80.8 Å². The molecule has 6 heteroatoms. The molecule has 0 saturated heterocycles. The van der Waals surface area contributed by atoms with Gasteiger partial charge >= 0.3 is 0 Å². The number of aromatic nitrogens is 3. The standard InChI is InChI=1S/C70H40N4OS/c1-2-14-46(15-3-1)73(47-28-30-53-52-19-8-9-22-62(52)76-63(53)40-47)60-21-10-12-45-38-43(25-29-48(45)60)44-26-35-61-59(39-44)56-32-34-58-57-33-31-55-51-18-5-4-16-49(51)50-17-6-7-20-54(50)65(55)69(57)75-70(58)68(56)74(61)64-36-27-42-24-23-41-13-11-37-71-66(41)67(42)72-64/h1-40H. The molecule has 0 N–H and O–H groups in total. The fourth-order valence-corrected chi connectivity index (χ4v) is 13.7. The van der Waals surface area contributed by atoms with Gasteiger partial charge in [0.25, 0.3) is 0 Å². The van der Waals surface area contributed by atoms with Crippen LogP contribution >= 0.6 is 11.3 Å². The van der Waals surface area contributed by atoms with Gasteiger partial charge in [-0.25, -0.2) is 4.98 Å². The first-order valence-corrected chi connectivity index (χ1v) is 26.6. The smallest absolute Gasteiger partial charge is 0.160 e. The summed E-state index contributed by atoms with van der Waals surface area (Å²) in [6, 6.07) is 86.1. The van der Waals surface area contributed by atoms with E-state index in [0.29, 0.717) is 0 Å². The average molecular weight is 985 g/mol.